The van der Waals surface area contributed by atoms with Crippen LogP contribution in [0.3, 0.4) is 0 Å². The maximum absolute atomic E-state index is 11.3. The summed E-state index contributed by atoms with van der Waals surface area (Å²) >= 11 is 0. The molecule has 6 heteroatoms. The molecule has 1 aliphatic rings. The van der Waals surface area contributed by atoms with Crippen molar-refractivity contribution in [2.45, 2.75) is 13.0 Å². The smallest absolute Gasteiger partial charge is 0.223 e. The Labute approximate surface area is 138 Å². The fraction of sp³-hybridized carbons (Fsp3) is 0.588. The van der Waals surface area contributed by atoms with E-state index in [1.54, 1.807) is 16.8 Å². The molecule has 0 unspecified atom stereocenters. The molecule has 128 valence electrons. The minimum Gasteiger partial charge on any atom is -0.491 e. The molecular weight excluding hydrogens is 294 g/mol. The number of quaternary nitrogens is 2. The maximum Gasteiger partial charge on any atom is 0.223 e. The van der Waals surface area contributed by atoms with Crippen LogP contribution in [-0.2, 0) is 4.79 Å². The van der Waals surface area contributed by atoms with Gasteiger partial charge in [0.25, 0.3) is 0 Å². The zero-order valence-electron chi connectivity index (χ0n) is 14.3. The first-order chi connectivity index (χ1) is 11.0. The van der Waals surface area contributed by atoms with Crippen LogP contribution in [0, 0.1) is 0 Å². The van der Waals surface area contributed by atoms with Crippen LogP contribution in [0.4, 0.5) is 5.69 Å². The highest BCUT2D eigenvalue weighted by Gasteiger charge is 2.22. The molecule has 1 atom stereocenters. The standard InChI is InChI=1S/C17H27N3O3/c1-14(21)19(3)15-4-6-17(7-5-15)23-13-16(22)12-20-10-8-18(2)9-11-20/h4-7,16,22H,8-13H2,1-3H3/p+2/t16-/m1/s1. The number of hydrogen-bond acceptors (Lipinski definition) is 3. The summed E-state index contributed by atoms with van der Waals surface area (Å²) in [5.74, 6) is 0.702. The van der Waals surface area contributed by atoms with Crippen molar-refractivity contribution in [3.05, 3.63) is 24.3 Å². The van der Waals surface area contributed by atoms with Crippen molar-refractivity contribution in [3.8, 4) is 5.75 Å². The van der Waals surface area contributed by atoms with Gasteiger partial charge in [0.1, 0.15) is 51.2 Å². The molecule has 1 aliphatic heterocycles. The first-order valence-electron chi connectivity index (χ1n) is 8.26. The van der Waals surface area contributed by atoms with Crippen LogP contribution < -0.4 is 19.4 Å². The molecular formula is C17H29N3O3+2. The van der Waals surface area contributed by atoms with E-state index in [4.69, 9.17) is 4.74 Å². The van der Waals surface area contributed by atoms with E-state index in [0.29, 0.717) is 12.4 Å². The minimum absolute atomic E-state index is 0.00826. The number of aliphatic hydroxyl groups excluding tert-OH is 1. The monoisotopic (exact) mass is 323 g/mol. The quantitative estimate of drug-likeness (QED) is 0.558. The lowest BCUT2D eigenvalue weighted by Crippen LogP contribution is -3.27. The average Bonchev–Trinajstić information content (AvgIpc) is 2.55. The molecule has 0 spiro atoms. The summed E-state index contributed by atoms with van der Waals surface area (Å²) in [6.07, 6.45) is -0.456. The molecule has 1 amide bonds. The van der Waals surface area contributed by atoms with Gasteiger partial charge in [0.05, 0.1) is 7.05 Å². The summed E-state index contributed by atoms with van der Waals surface area (Å²) < 4.78 is 5.65. The predicted molar refractivity (Wildman–Crippen MR) is 89.2 cm³/mol. The molecule has 23 heavy (non-hydrogen) atoms. The van der Waals surface area contributed by atoms with Crippen molar-refractivity contribution in [1.82, 2.24) is 0 Å². The number of amides is 1. The highest BCUT2D eigenvalue weighted by Crippen LogP contribution is 2.18. The van der Waals surface area contributed by atoms with Crippen molar-refractivity contribution in [3.63, 3.8) is 0 Å². The zero-order valence-corrected chi connectivity index (χ0v) is 14.3. The van der Waals surface area contributed by atoms with Crippen LogP contribution in [0.2, 0.25) is 0 Å². The van der Waals surface area contributed by atoms with Gasteiger partial charge < -0.3 is 24.5 Å². The number of nitrogens with one attached hydrogen (secondary N) is 2. The molecule has 1 aromatic carbocycles. The van der Waals surface area contributed by atoms with E-state index < -0.39 is 6.10 Å². The van der Waals surface area contributed by atoms with Crippen LogP contribution in [0.15, 0.2) is 24.3 Å². The van der Waals surface area contributed by atoms with Crippen LogP contribution in [-0.4, -0.2) is 70.5 Å². The van der Waals surface area contributed by atoms with Gasteiger partial charge in [-0.15, -0.1) is 0 Å². The van der Waals surface area contributed by atoms with Crippen molar-refractivity contribution in [2.24, 2.45) is 0 Å². The molecule has 1 aromatic rings. The highest BCUT2D eigenvalue weighted by molar-refractivity contribution is 5.90. The van der Waals surface area contributed by atoms with E-state index in [2.05, 4.69) is 7.05 Å². The summed E-state index contributed by atoms with van der Waals surface area (Å²) in [7, 11) is 3.95. The SMILES string of the molecule is CC(=O)N(C)c1ccc(OC[C@H](O)C[NH+]2CC[NH+](C)CC2)cc1. The third kappa shape index (κ3) is 5.49. The van der Waals surface area contributed by atoms with E-state index in [1.807, 2.05) is 24.3 Å². The molecule has 0 saturated carbocycles. The van der Waals surface area contributed by atoms with E-state index in [1.165, 1.54) is 11.8 Å². The van der Waals surface area contributed by atoms with Gasteiger partial charge in [-0.2, -0.15) is 0 Å². The normalized spacial score (nSPS) is 22.4. The summed E-state index contributed by atoms with van der Waals surface area (Å²) in [6, 6.07) is 7.34. The lowest BCUT2D eigenvalue weighted by molar-refractivity contribution is -1.00. The summed E-state index contributed by atoms with van der Waals surface area (Å²) in [4.78, 5) is 15.9. The van der Waals surface area contributed by atoms with Crippen LogP contribution in [0.5, 0.6) is 5.75 Å². The molecule has 0 aliphatic carbocycles. The zero-order chi connectivity index (χ0) is 16.8. The van der Waals surface area contributed by atoms with Crippen LogP contribution in [0.25, 0.3) is 0 Å². The van der Waals surface area contributed by atoms with Crippen LogP contribution >= 0.6 is 0 Å². The number of aliphatic hydroxyl groups is 1. The summed E-state index contributed by atoms with van der Waals surface area (Å²) in [5.41, 5.74) is 0.828. The van der Waals surface area contributed by atoms with Gasteiger partial charge in [0.2, 0.25) is 5.91 Å². The molecule has 1 saturated heterocycles. The van der Waals surface area contributed by atoms with Crippen molar-refractivity contribution >= 4 is 11.6 Å². The minimum atomic E-state index is -0.456. The van der Waals surface area contributed by atoms with E-state index in [-0.39, 0.29) is 5.91 Å². The Kier molecular flexibility index (Phi) is 6.38. The lowest BCUT2D eigenvalue weighted by Gasteiger charge is -2.28. The number of hydrogen-bond donors (Lipinski definition) is 3. The number of carbonyl (C=O) groups excluding carboxylic acids is 1. The molecule has 0 aromatic heterocycles. The van der Waals surface area contributed by atoms with E-state index in [9.17, 15) is 9.90 Å². The number of likely N-dealkylation sites (N-methyl/N-ethyl adjacent to an activating group) is 1. The fourth-order valence-electron chi connectivity index (χ4n) is 2.77. The number of nitrogens with zero attached hydrogens (tertiary/aromatic N) is 1. The second kappa shape index (κ2) is 8.29. The Hall–Kier alpha value is -1.63. The predicted octanol–water partition coefficient (Wildman–Crippen LogP) is -2.18. The average molecular weight is 323 g/mol. The summed E-state index contributed by atoms with van der Waals surface area (Å²) in [5, 5.41) is 10.1. The number of piperazine rings is 1. The molecule has 6 nitrogen and oxygen atoms in total. The van der Waals surface area contributed by atoms with Crippen molar-refractivity contribution < 1.29 is 24.4 Å². The first kappa shape index (κ1) is 17.7. The molecule has 0 bridgehead atoms. The lowest BCUT2D eigenvalue weighted by atomic mass is 10.2. The van der Waals surface area contributed by atoms with Gasteiger partial charge in [0, 0.05) is 19.7 Å². The molecule has 2 rings (SSSR count). The third-order valence-corrected chi connectivity index (χ3v) is 4.47. The van der Waals surface area contributed by atoms with E-state index >= 15 is 0 Å². The van der Waals surface area contributed by atoms with Crippen LogP contribution in [0.1, 0.15) is 6.92 Å². The largest absolute Gasteiger partial charge is 0.491 e. The fourth-order valence-corrected chi connectivity index (χ4v) is 2.77. The Balaban J connectivity index is 1.75. The molecule has 0 radical (unpaired) electrons. The van der Waals surface area contributed by atoms with Gasteiger partial charge in [-0.25, -0.2) is 0 Å². The van der Waals surface area contributed by atoms with Crippen molar-refractivity contribution in [2.75, 3.05) is 58.3 Å². The highest BCUT2D eigenvalue weighted by atomic mass is 16.5. The van der Waals surface area contributed by atoms with E-state index in [0.717, 1.165) is 38.4 Å². The van der Waals surface area contributed by atoms with Gasteiger partial charge in [-0.1, -0.05) is 0 Å². The van der Waals surface area contributed by atoms with Gasteiger partial charge in [-0.05, 0) is 24.3 Å². The second-order valence-corrected chi connectivity index (χ2v) is 6.45. The Morgan fingerprint density at radius 1 is 1.26 bits per heavy atom. The molecule has 1 fully saturated rings. The Bertz CT molecular complexity index is 498. The third-order valence-electron chi connectivity index (χ3n) is 4.47. The Morgan fingerprint density at radius 2 is 1.87 bits per heavy atom. The number of ether oxygens (including phenoxy) is 1. The topological polar surface area (TPSA) is 58.6 Å². The summed E-state index contributed by atoms with van der Waals surface area (Å²) in [6.45, 7) is 7.10. The van der Waals surface area contributed by atoms with Gasteiger partial charge >= 0.3 is 0 Å². The Morgan fingerprint density at radius 3 is 2.43 bits per heavy atom. The number of anilines is 1. The van der Waals surface area contributed by atoms with Gasteiger partial charge in [0.15, 0.2) is 0 Å². The van der Waals surface area contributed by atoms with Gasteiger partial charge in [-0.3, -0.25) is 4.79 Å². The number of benzene rings is 1. The molecule has 1 heterocycles. The number of carbonyl (C=O) groups is 1. The van der Waals surface area contributed by atoms with Crippen molar-refractivity contribution in [1.29, 1.82) is 0 Å². The molecule has 3 N–H and O–H groups in total. The number of rotatable bonds is 6. The second-order valence-electron chi connectivity index (χ2n) is 6.45. The maximum atomic E-state index is 11.3. The first-order valence-corrected chi connectivity index (χ1v) is 8.26.